The van der Waals surface area contributed by atoms with E-state index in [9.17, 15) is 5.11 Å². The first kappa shape index (κ1) is 15.3. The van der Waals surface area contributed by atoms with E-state index in [2.05, 4.69) is 6.92 Å². The molecule has 2 rings (SSSR count). The number of ether oxygens (including phenoxy) is 1. The summed E-state index contributed by atoms with van der Waals surface area (Å²) in [7, 11) is 1.80. The van der Waals surface area contributed by atoms with Crippen molar-refractivity contribution in [3.8, 4) is 0 Å². The minimum absolute atomic E-state index is 0.0810. The second kappa shape index (κ2) is 7.64. The first-order valence-corrected chi connectivity index (χ1v) is 8.48. The fourth-order valence-corrected chi connectivity index (χ4v) is 4.51. The van der Waals surface area contributed by atoms with Crippen LogP contribution in [0.15, 0.2) is 0 Å². The molecule has 2 aliphatic carbocycles. The minimum Gasteiger partial charge on any atom is -0.390 e. The molecular formula is C17H32O2. The second-order valence-electron chi connectivity index (χ2n) is 6.71. The zero-order valence-corrected chi connectivity index (χ0v) is 12.8. The Morgan fingerprint density at radius 2 is 1.63 bits per heavy atom. The SMILES string of the molecule is CCC1CCCCC1C(O)C(OC)C1CCCCC1. The van der Waals surface area contributed by atoms with Gasteiger partial charge in [-0.1, -0.05) is 51.9 Å². The highest BCUT2D eigenvalue weighted by Gasteiger charge is 2.38. The van der Waals surface area contributed by atoms with Gasteiger partial charge in [0.15, 0.2) is 0 Å². The molecule has 0 heterocycles. The van der Waals surface area contributed by atoms with Crippen LogP contribution >= 0.6 is 0 Å². The number of methoxy groups -OCH3 is 1. The zero-order chi connectivity index (χ0) is 13.7. The molecule has 0 radical (unpaired) electrons. The van der Waals surface area contributed by atoms with Crippen LogP contribution in [-0.2, 0) is 4.74 Å². The van der Waals surface area contributed by atoms with Crippen molar-refractivity contribution in [2.24, 2.45) is 17.8 Å². The molecular weight excluding hydrogens is 236 g/mol. The number of aliphatic hydroxyl groups is 1. The second-order valence-corrected chi connectivity index (χ2v) is 6.71. The molecule has 2 nitrogen and oxygen atoms in total. The van der Waals surface area contributed by atoms with Gasteiger partial charge in [-0.25, -0.2) is 0 Å². The smallest absolute Gasteiger partial charge is 0.0861 e. The molecule has 112 valence electrons. The van der Waals surface area contributed by atoms with E-state index in [0.717, 1.165) is 0 Å². The van der Waals surface area contributed by atoms with Gasteiger partial charge in [-0.05, 0) is 37.0 Å². The average molecular weight is 268 g/mol. The molecule has 0 saturated heterocycles. The van der Waals surface area contributed by atoms with Gasteiger partial charge in [-0.3, -0.25) is 0 Å². The normalized spacial score (nSPS) is 33.0. The molecule has 4 unspecified atom stereocenters. The van der Waals surface area contributed by atoms with Crippen molar-refractivity contribution in [3.05, 3.63) is 0 Å². The molecule has 2 fully saturated rings. The molecule has 2 heteroatoms. The van der Waals surface area contributed by atoms with Gasteiger partial charge in [-0.15, -0.1) is 0 Å². The summed E-state index contributed by atoms with van der Waals surface area (Å²) < 4.78 is 5.75. The molecule has 2 saturated carbocycles. The highest BCUT2D eigenvalue weighted by Crippen LogP contribution is 2.39. The highest BCUT2D eigenvalue weighted by molar-refractivity contribution is 4.88. The first-order valence-electron chi connectivity index (χ1n) is 8.48. The van der Waals surface area contributed by atoms with Crippen LogP contribution in [0.5, 0.6) is 0 Å². The number of hydrogen-bond acceptors (Lipinski definition) is 2. The summed E-state index contributed by atoms with van der Waals surface area (Å²) in [4.78, 5) is 0. The molecule has 0 bridgehead atoms. The maximum atomic E-state index is 10.9. The van der Waals surface area contributed by atoms with Crippen LogP contribution in [0.4, 0.5) is 0 Å². The zero-order valence-electron chi connectivity index (χ0n) is 12.8. The topological polar surface area (TPSA) is 29.5 Å². The van der Waals surface area contributed by atoms with Crippen LogP contribution in [0.1, 0.15) is 71.1 Å². The fourth-order valence-electron chi connectivity index (χ4n) is 4.51. The van der Waals surface area contributed by atoms with E-state index >= 15 is 0 Å². The molecule has 0 aromatic carbocycles. The first-order chi connectivity index (χ1) is 9.27. The van der Waals surface area contributed by atoms with Crippen molar-refractivity contribution in [3.63, 3.8) is 0 Å². The van der Waals surface area contributed by atoms with Crippen LogP contribution in [0.3, 0.4) is 0 Å². The Labute approximate surface area is 118 Å². The van der Waals surface area contributed by atoms with Crippen molar-refractivity contribution in [2.75, 3.05) is 7.11 Å². The van der Waals surface area contributed by atoms with Crippen LogP contribution in [0.25, 0.3) is 0 Å². The lowest BCUT2D eigenvalue weighted by Gasteiger charge is -2.40. The van der Waals surface area contributed by atoms with Gasteiger partial charge in [0.2, 0.25) is 0 Å². The van der Waals surface area contributed by atoms with Gasteiger partial charge in [0.25, 0.3) is 0 Å². The Hall–Kier alpha value is -0.0800. The van der Waals surface area contributed by atoms with Crippen LogP contribution < -0.4 is 0 Å². The predicted octanol–water partition coefficient (Wildman–Crippen LogP) is 4.16. The van der Waals surface area contributed by atoms with Gasteiger partial charge >= 0.3 is 0 Å². The van der Waals surface area contributed by atoms with E-state index in [1.54, 1.807) is 7.11 Å². The Bertz CT molecular complexity index is 248. The standard InChI is InChI=1S/C17H32O2/c1-3-13-9-7-8-12-15(13)16(18)17(19-2)14-10-5-4-6-11-14/h13-18H,3-12H2,1-2H3. The lowest BCUT2D eigenvalue weighted by atomic mass is 9.71. The summed E-state index contributed by atoms with van der Waals surface area (Å²) in [5.74, 6) is 1.78. The summed E-state index contributed by atoms with van der Waals surface area (Å²) in [6, 6.07) is 0. The summed E-state index contributed by atoms with van der Waals surface area (Å²) in [5, 5.41) is 10.9. The summed E-state index contributed by atoms with van der Waals surface area (Å²) in [6.45, 7) is 2.28. The molecule has 1 N–H and O–H groups in total. The van der Waals surface area contributed by atoms with Gasteiger partial charge in [-0.2, -0.15) is 0 Å². The molecule has 4 atom stereocenters. The quantitative estimate of drug-likeness (QED) is 0.811. The van der Waals surface area contributed by atoms with E-state index in [4.69, 9.17) is 4.74 Å². The average Bonchev–Trinajstić information content (AvgIpc) is 2.49. The van der Waals surface area contributed by atoms with Gasteiger partial charge in [0, 0.05) is 7.11 Å². The molecule has 0 spiro atoms. The molecule has 0 aliphatic heterocycles. The summed E-state index contributed by atoms with van der Waals surface area (Å²) in [6.07, 6.45) is 12.7. The van der Waals surface area contributed by atoms with Crippen LogP contribution in [0, 0.1) is 17.8 Å². The Morgan fingerprint density at radius 3 is 2.26 bits per heavy atom. The maximum absolute atomic E-state index is 10.9. The maximum Gasteiger partial charge on any atom is 0.0861 e. The van der Waals surface area contributed by atoms with E-state index in [1.165, 1.54) is 64.2 Å². The van der Waals surface area contributed by atoms with Gasteiger partial charge in [0.1, 0.15) is 0 Å². The number of hydrogen-bond donors (Lipinski definition) is 1. The van der Waals surface area contributed by atoms with E-state index in [0.29, 0.717) is 17.8 Å². The lowest BCUT2D eigenvalue weighted by molar-refractivity contribution is -0.0951. The van der Waals surface area contributed by atoms with E-state index in [1.807, 2.05) is 0 Å². The van der Waals surface area contributed by atoms with Crippen molar-refractivity contribution in [1.29, 1.82) is 0 Å². The summed E-state index contributed by atoms with van der Waals surface area (Å²) in [5.41, 5.74) is 0. The van der Waals surface area contributed by atoms with Crippen molar-refractivity contribution < 1.29 is 9.84 Å². The highest BCUT2D eigenvalue weighted by atomic mass is 16.5. The third kappa shape index (κ3) is 3.72. The van der Waals surface area contributed by atoms with Crippen LogP contribution in [0.2, 0.25) is 0 Å². The molecule has 19 heavy (non-hydrogen) atoms. The van der Waals surface area contributed by atoms with Crippen molar-refractivity contribution in [1.82, 2.24) is 0 Å². The minimum atomic E-state index is -0.238. The van der Waals surface area contributed by atoms with Crippen molar-refractivity contribution >= 4 is 0 Å². The third-order valence-corrected chi connectivity index (χ3v) is 5.65. The van der Waals surface area contributed by atoms with Gasteiger partial charge in [0.05, 0.1) is 12.2 Å². The predicted molar refractivity (Wildman–Crippen MR) is 79.1 cm³/mol. The monoisotopic (exact) mass is 268 g/mol. The van der Waals surface area contributed by atoms with E-state index < -0.39 is 0 Å². The largest absolute Gasteiger partial charge is 0.390 e. The molecule has 0 aromatic rings. The molecule has 0 amide bonds. The third-order valence-electron chi connectivity index (χ3n) is 5.65. The molecule has 2 aliphatic rings. The van der Waals surface area contributed by atoms with E-state index in [-0.39, 0.29) is 12.2 Å². The Balaban J connectivity index is 1.99. The van der Waals surface area contributed by atoms with Gasteiger partial charge < -0.3 is 9.84 Å². The number of aliphatic hydroxyl groups excluding tert-OH is 1. The lowest BCUT2D eigenvalue weighted by Crippen LogP contribution is -2.44. The van der Waals surface area contributed by atoms with Crippen LogP contribution in [-0.4, -0.2) is 24.4 Å². The fraction of sp³-hybridized carbons (Fsp3) is 1.00. The number of rotatable bonds is 5. The summed E-state index contributed by atoms with van der Waals surface area (Å²) >= 11 is 0. The Kier molecular flexibility index (Phi) is 6.15. The Morgan fingerprint density at radius 1 is 1.00 bits per heavy atom. The van der Waals surface area contributed by atoms with Crippen molar-refractivity contribution in [2.45, 2.75) is 83.3 Å². The molecule has 0 aromatic heterocycles.